The number of carboxylic acid groups (broad SMARTS) is 1. The van der Waals surface area contributed by atoms with Gasteiger partial charge in [0.25, 0.3) is 0 Å². The molecular weight excluding hydrogens is 362 g/mol. The molecule has 0 atom stereocenters. The zero-order valence-electron chi connectivity index (χ0n) is 15.1. The third-order valence-corrected chi connectivity index (χ3v) is 5.03. The van der Waals surface area contributed by atoms with E-state index in [1.807, 2.05) is 6.07 Å². The minimum Gasteiger partial charge on any atom is -0.493 e. The number of carbonyl (C=O) groups is 1. The van der Waals surface area contributed by atoms with E-state index < -0.39 is 5.97 Å². The lowest BCUT2D eigenvalue weighted by atomic mass is 9.95. The number of benzene rings is 3. The summed E-state index contributed by atoms with van der Waals surface area (Å²) in [5.74, 6) is 1.21. The summed E-state index contributed by atoms with van der Waals surface area (Å²) in [7, 11) is 3.06. The van der Waals surface area contributed by atoms with E-state index in [9.17, 15) is 9.90 Å². The van der Waals surface area contributed by atoms with Gasteiger partial charge in [-0.3, -0.25) is 4.98 Å². The van der Waals surface area contributed by atoms with E-state index in [4.69, 9.17) is 18.9 Å². The third-order valence-electron chi connectivity index (χ3n) is 5.03. The summed E-state index contributed by atoms with van der Waals surface area (Å²) in [5, 5.41) is 13.5. The van der Waals surface area contributed by atoms with Crippen molar-refractivity contribution in [3.05, 3.63) is 42.1 Å². The number of nitrogens with zero attached hydrogens (tertiary/aromatic N) is 1. The van der Waals surface area contributed by atoms with Crippen molar-refractivity contribution in [2.75, 3.05) is 21.0 Å². The molecule has 1 aliphatic rings. The molecule has 0 spiro atoms. The van der Waals surface area contributed by atoms with Crippen LogP contribution in [0.5, 0.6) is 23.0 Å². The number of hydrogen-bond donors (Lipinski definition) is 1. The van der Waals surface area contributed by atoms with Gasteiger partial charge in [-0.1, -0.05) is 0 Å². The lowest BCUT2D eigenvalue weighted by Gasteiger charge is -2.14. The van der Waals surface area contributed by atoms with Crippen molar-refractivity contribution in [2.45, 2.75) is 0 Å². The number of hydrogen-bond acceptors (Lipinski definition) is 6. The van der Waals surface area contributed by atoms with E-state index in [2.05, 4.69) is 4.98 Å². The van der Waals surface area contributed by atoms with E-state index in [1.54, 1.807) is 37.6 Å². The average Bonchev–Trinajstić information content (AvgIpc) is 3.17. The van der Waals surface area contributed by atoms with Crippen LogP contribution in [0, 0.1) is 0 Å². The highest BCUT2D eigenvalue weighted by Gasteiger charge is 2.20. The van der Waals surface area contributed by atoms with E-state index in [-0.39, 0.29) is 12.4 Å². The molecule has 1 N–H and O–H groups in total. The second kappa shape index (κ2) is 5.88. The first-order valence-corrected chi connectivity index (χ1v) is 8.55. The van der Waals surface area contributed by atoms with Gasteiger partial charge >= 0.3 is 5.97 Å². The predicted octanol–water partition coefficient (Wildman–Crippen LogP) is 3.99. The van der Waals surface area contributed by atoms with Crippen LogP contribution in [0.25, 0.3) is 32.4 Å². The molecule has 0 radical (unpaired) electrons. The third kappa shape index (κ3) is 2.22. The molecule has 7 heteroatoms. The number of methoxy groups -OCH3 is 2. The van der Waals surface area contributed by atoms with Crippen molar-refractivity contribution in [2.24, 2.45) is 0 Å². The van der Waals surface area contributed by atoms with Crippen LogP contribution in [-0.4, -0.2) is 37.1 Å². The second-order valence-electron chi connectivity index (χ2n) is 6.42. The van der Waals surface area contributed by atoms with Gasteiger partial charge in [-0.15, -0.1) is 0 Å². The minimum absolute atomic E-state index is 0.157. The maximum atomic E-state index is 12.0. The molecule has 0 aliphatic carbocycles. The summed E-state index contributed by atoms with van der Waals surface area (Å²) in [4.78, 5) is 16.6. The second-order valence-corrected chi connectivity index (χ2v) is 6.42. The number of aromatic nitrogens is 1. The molecule has 140 valence electrons. The van der Waals surface area contributed by atoms with Crippen LogP contribution in [0.3, 0.4) is 0 Å². The van der Waals surface area contributed by atoms with E-state index in [0.29, 0.717) is 33.9 Å². The molecule has 5 rings (SSSR count). The van der Waals surface area contributed by atoms with Crippen LogP contribution in [0.15, 0.2) is 36.5 Å². The molecule has 0 unspecified atom stereocenters. The Kier molecular flexibility index (Phi) is 3.45. The highest BCUT2D eigenvalue weighted by Crippen LogP contribution is 2.42. The molecule has 2 heterocycles. The molecule has 0 amide bonds. The van der Waals surface area contributed by atoms with E-state index in [0.717, 1.165) is 21.5 Å². The quantitative estimate of drug-likeness (QED) is 0.540. The fourth-order valence-corrected chi connectivity index (χ4v) is 3.70. The summed E-state index contributed by atoms with van der Waals surface area (Å²) >= 11 is 0. The molecule has 28 heavy (non-hydrogen) atoms. The van der Waals surface area contributed by atoms with Crippen LogP contribution < -0.4 is 18.9 Å². The van der Waals surface area contributed by atoms with Gasteiger partial charge in [0.05, 0.1) is 25.3 Å². The molecule has 1 aliphatic heterocycles. The van der Waals surface area contributed by atoms with Crippen molar-refractivity contribution >= 4 is 38.4 Å². The van der Waals surface area contributed by atoms with Crippen LogP contribution in [0.4, 0.5) is 0 Å². The van der Waals surface area contributed by atoms with Crippen LogP contribution in [0.1, 0.15) is 10.4 Å². The summed E-state index contributed by atoms with van der Waals surface area (Å²) in [6.45, 7) is 0.157. The lowest BCUT2D eigenvalue weighted by Crippen LogP contribution is -2.00. The van der Waals surface area contributed by atoms with Crippen molar-refractivity contribution < 1.29 is 28.8 Å². The first kappa shape index (κ1) is 16.4. The molecule has 0 saturated carbocycles. The van der Waals surface area contributed by atoms with Crippen molar-refractivity contribution in [3.63, 3.8) is 0 Å². The Hall–Kier alpha value is -3.74. The molecule has 1 aromatic heterocycles. The Labute approximate surface area is 159 Å². The van der Waals surface area contributed by atoms with Crippen LogP contribution in [0.2, 0.25) is 0 Å². The smallest absolute Gasteiger partial charge is 0.336 e. The molecule has 7 nitrogen and oxygen atoms in total. The highest BCUT2D eigenvalue weighted by molar-refractivity contribution is 6.21. The van der Waals surface area contributed by atoms with Gasteiger partial charge in [0.2, 0.25) is 6.79 Å². The van der Waals surface area contributed by atoms with Crippen molar-refractivity contribution in [1.82, 2.24) is 4.98 Å². The van der Waals surface area contributed by atoms with Gasteiger partial charge < -0.3 is 24.1 Å². The lowest BCUT2D eigenvalue weighted by molar-refractivity contribution is 0.0699. The normalized spacial score (nSPS) is 12.6. The van der Waals surface area contributed by atoms with E-state index in [1.165, 1.54) is 7.11 Å². The maximum Gasteiger partial charge on any atom is 0.336 e. The Morgan fingerprint density at radius 2 is 1.54 bits per heavy atom. The van der Waals surface area contributed by atoms with Crippen molar-refractivity contribution in [1.29, 1.82) is 0 Å². The number of ether oxygens (including phenoxy) is 4. The molecule has 3 aromatic carbocycles. The highest BCUT2D eigenvalue weighted by atomic mass is 16.7. The van der Waals surface area contributed by atoms with Crippen LogP contribution in [-0.2, 0) is 0 Å². The summed E-state index contributed by atoms with van der Waals surface area (Å²) in [6, 6.07) is 8.77. The van der Waals surface area contributed by atoms with Crippen molar-refractivity contribution in [3.8, 4) is 23.0 Å². The fraction of sp³-hybridized carbons (Fsp3) is 0.143. The fourth-order valence-electron chi connectivity index (χ4n) is 3.70. The minimum atomic E-state index is -1.02. The van der Waals surface area contributed by atoms with Gasteiger partial charge in [0.1, 0.15) is 0 Å². The Morgan fingerprint density at radius 1 is 0.893 bits per heavy atom. The molecule has 0 bridgehead atoms. The molecule has 0 saturated heterocycles. The number of rotatable bonds is 3. The maximum absolute atomic E-state index is 12.0. The monoisotopic (exact) mass is 377 g/mol. The predicted molar refractivity (Wildman–Crippen MR) is 103 cm³/mol. The average molecular weight is 377 g/mol. The Bertz CT molecular complexity index is 1300. The van der Waals surface area contributed by atoms with E-state index >= 15 is 0 Å². The number of pyridine rings is 1. The standard InChI is InChI=1S/C21H15NO6/c1-25-17-4-11-12(5-18(17)26-2)15-8-22-16-7-20-19(27-9-28-20)6-13(16)10(15)3-14(11)21(23)24/h3-8H,9H2,1-2H3,(H,23,24). The zero-order valence-corrected chi connectivity index (χ0v) is 15.1. The largest absolute Gasteiger partial charge is 0.493 e. The first-order chi connectivity index (χ1) is 13.6. The summed E-state index contributed by atoms with van der Waals surface area (Å²) < 4.78 is 21.7. The van der Waals surface area contributed by atoms with Gasteiger partial charge in [0.15, 0.2) is 23.0 Å². The number of aromatic carboxylic acids is 1. The molecule has 4 aromatic rings. The van der Waals surface area contributed by atoms with Gasteiger partial charge in [-0.25, -0.2) is 4.79 Å². The van der Waals surface area contributed by atoms with Gasteiger partial charge in [-0.05, 0) is 35.0 Å². The Balaban J connectivity index is 1.96. The summed E-state index contributed by atoms with van der Waals surface area (Å²) in [5.41, 5.74) is 0.876. The summed E-state index contributed by atoms with van der Waals surface area (Å²) in [6.07, 6.45) is 1.74. The molecular formula is C21H15NO6. The zero-order chi connectivity index (χ0) is 19.4. The topological polar surface area (TPSA) is 87.1 Å². The SMILES string of the molecule is COc1cc2c(C(=O)O)cc3c4cc5c(cc4ncc3c2cc1OC)OCO5. The number of carboxylic acids is 1. The van der Waals surface area contributed by atoms with Gasteiger partial charge in [0, 0.05) is 28.4 Å². The Morgan fingerprint density at radius 3 is 2.21 bits per heavy atom. The number of fused-ring (bicyclic) bond motifs is 6. The van der Waals surface area contributed by atoms with Gasteiger partial charge in [-0.2, -0.15) is 0 Å². The van der Waals surface area contributed by atoms with Crippen LogP contribution >= 0.6 is 0 Å². The molecule has 0 fully saturated rings. The first-order valence-electron chi connectivity index (χ1n) is 8.55.